The summed E-state index contributed by atoms with van der Waals surface area (Å²) in [6, 6.07) is 12.5. The molecule has 2 aromatic carbocycles. The van der Waals surface area contributed by atoms with Crippen LogP contribution in [0, 0.1) is 0 Å². The summed E-state index contributed by atoms with van der Waals surface area (Å²) in [5.41, 5.74) is 0.771. The Labute approximate surface area is 132 Å². The van der Waals surface area contributed by atoms with Crippen LogP contribution >= 0.6 is 0 Å². The first kappa shape index (κ1) is 17.3. The molecule has 124 valence electrons. The third-order valence-corrected chi connectivity index (χ3v) is 4.56. The van der Waals surface area contributed by atoms with Crippen LogP contribution in [0.15, 0.2) is 59.5 Å². The van der Waals surface area contributed by atoms with Crippen molar-refractivity contribution in [3.63, 3.8) is 0 Å². The second-order valence-electron chi connectivity index (χ2n) is 4.77. The molecule has 0 amide bonds. The Kier molecular flexibility index (Phi) is 4.96. The van der Waals surface area contributed by atoms with Crippen molar-refractivity contribution < 1.29 is 26.3 Å². The number of benzene rings is 2. The molecule has 1 atom stereocenters. The van der Waals surface area contributed by atoms with Crippen LogP contribution in [0.4, 0.5) is 13.2 Å². The average molecular weight is 345 g/mol. The summed E-state index contributed by atoms with van der Waals surface area (Å²) >= 11 is 0. The SMILES string of the molecule is CC(NS(=O)(=O)c1ccc(OC(F)(F)F)cc1)c1ccccc1. The second kappa shape index (κ2) is 6.59. The molecular weight excluding hydrogens is 331 g/mol. The van der Waals surface area contributed by atoms with Crippen LogP contribution in [-0.4, -0.2) is 14.8 Å². The Hall–Kier alpha value is -2.06. The van der Waals surface area contributed by atoms with Crippen molar-refractivity contribution in [2.45, 2.75) is 24.2 Å². The summed E-state index contributed by atoms with van der Waals surface area (Å²) in [5.74, 6) is -0.479. The van der Waals surface area contributed by atoms with Gasteiger partial charge in [0.15, 0.2) is 0 Å². The molecule has 2 aromatic rings. The van der Waals surface area contributed by atoms with E-state index in [1.54, 1.807) is 31.2 Å². The fourth-order valence-corrected chi connectivity index (χ4v) is 3.16. The van der Waals surface area contributed by atoms with Gasteiger partial charge in [-0.1, -0.05) is 30.3 Å². The summed E-state index contributed by atoms with van der Waals surface area (Å²) in [6.07, 6.45) is -4.82. The van der Waals surface area contributed by atoms with Gasteiger partial charge in [-0.2, -0.15) is 0 Å². The van der Waals surface area contributed by atoms with E-state index in [4.69, 9.17) is 0 Å². The normalized spacial score (nSPS) is 13.6. The number of ether oxygens (including phenoxy) is 1. The van der Waals surface area contributed by atoms with Gasteiger partial charge in [-0.3, -0.25) is 0 Å². The molecular formula is C15H14F3NO3S. The molecule has 0 aromatic heterocycles. The topological polar surface area (TPSA) is 55.4 Å². The number of hydrogen-bond donors (Lipinski definition) is 1. The molecule has 2 rings (SSSR count). The van der Waals surface area contributed by atoms with Crippen molar-refractivity contribution in [3.8, 4) is 5.75 Å². The molecule has 0 heterocycles. The summed E-state index contributed by atoms with van der Waals surface area (Å²) in [4.78, 5) is -0.144. The summed E-state index contributed by atoms with van der Waals surface area (Å²) in [7, 11) is -3.85. The summed E-state index contributed by atoms with van der Waals surface area (Å²) in [5, 5.41) is 0. The fourth-order valence-electron chi connectivity index (χ4n) is 1.93. The Morgan fingerprint density at radius 3 is 2.09 bits per heavy atom. The highest BCUT2D eigenvalue weighted by Gasteiger charge is 2.31. The zero-order valence-electron chi connectivity index (χ0n) is 12.0. The highest BCUT2D eigenvalue weighted by atomic mass is 32.2. The molecule has 1 N–H and O–H groups in total. The van der Waals surface area contributed by atoms with Crippen molar-refractivity contribution in [1.29, 1.82) is 0 Å². The largest absolute Gasteiger partial charge is 0.573 e. The van der Waals surface area contributed by atoms with Gasteiger partial charge in [-0.05, 0) is 36.8 Å². The summed E-state index contributed by atoms with van der Waals surface area (Å²) in [6.45, 7) is 1.67. The van der Waals surface area contributed by atoms with E-state index in [0.29, 0.717) is 0 Å². The van der Waals surface area contributed by atoms with Crippen molar-refractivity contribution in [3.05, 3.63) is 60.2 Å². The van der Waals surface area contributed by atoms with Crippen molar-refractivity contribution in [2.24, 2.45) is 0 Å². The molecule has 0 saturated carbocycles. The van der Waals surface area contributed by atoms with Crippen LogP contribution in [0.1, 0.15) is 18.5 Å². The number of halogens is 3. The highest BCUT2D eigenvalue weighted by Crippen LogP contribution is 2.24. The van der Waals surface area contributed by atoms with E-state index in [9.17, 15) is 21.6 Å². The molecule has 1 unspecified atom stereocenters. The molecule has 4 nitrogen and oxygen atoms in total. The van der Waals surface area contributed by atoms with Crippen molar-refractivity contribution >= 4 is 10.0 Å². The predicted molar refractivity (Wildman–Crippen MR) is 78.3 cm³/mol. The van der Waals surface area contributed by atoms with Gasteiger partial charge >= 0.3 is 6.36 Å². The van der Waals surface area contributed by atoms with Crippen LogP contribution in [0.25, 0.3) is 0 Å². The van der Waals surface area contributed by atoms with E-state index in [1.807, 2.05) is 6.07 Å². The van der Waals surface area contributed by atoms with Crippen LogP contribution in [-0.2, 0) is 10.0 Å². The molecule has 0 aliphatic rings. The van der Waals surface area contributed by atoms with Gasteiger partial charge in [0.1, 0.15) is 5.75 Å². The van der Waals surface area contributed by atoms with Crippen LogP contribution in [0.2, 0.25) is 0 Å². The predicted octanol–water partition coefficient (Wildman–Crippen LogP) is 3.62. The van der Waals surface area contributed by atoms with E-state index in [-0.39, 0.29) is 4.90 Å². The fraction of sp³-hybridized carbons (Fsp3) is 0.200. The zero-order chi connectivity index (χ0) is 17.1. The first-order chi connectivity index (χ1) is 10.7. The number of hydrogen-bond acceptors (Lipinski definition) is 3. The van der Waals surface area contributed by atoms with Crippen molar-refractivity contribution in [1.82, 2.24) is 4.72 Å². The maximum atomic E-state index is 12.2. The minimum atomic E-state index is -4.82. The Morgan fingerprint density at radius 1 is 1.00 bits per heavy atom. The molecule has 0 saturated heterocycles. The third kappa shape index (κ3) is 4.97. The van der Waals surface area contributed by atoms with Gasteiger partial charge in [0.2, 0.25) is 10.0 Å². The van der Waals surface area contributed by atoms with E-state index in [2.05, 4.69) is 9.46 Å². The second-order valence-corrected chi connectivity index (χ2v) is 6.49. The maximum Gasteiger partial charge on any atom is 0.573 e. The smallest absolute Gasteiger partial charge is 0.406 e. The molecule has 0 fully saturated rings. The number of nitrogens with one attached hydrogen (secondary N) is 1. The van der Waals surface area contributed by atoms with E-state index in [0.717, 1.165) is 29.8 Å². The standard InChI is InChI=1S/C15H14F3NO3S/c1-11(12-5-3-2-4-6-12)19-23(20,21)14-9-7-13(8-10-14)22-15(16,17)18/h2-11,19H,1H3. The van der Waals surface area contributed by atoms with Gasteiger partial charge in [0.25, 0.3) is 0 Å². The molecule has 23 heavy (non-hydrogen) atoms. The monoisotopic (exact) mass is 345 g/mol. The minimum Gasteiger partial charge on any atom is -0.406 e. The van der Waals surface area contributed by atoms with Gasteiger partial charge < -0.3 is 4.74 Å². The zero-order valence-corrected chi connectivity index (χ0v) is 12.9. The van der Waals surface area contributed by atoms with Gasteiger partial charge in [-0.25, -0.2) is 13.1 Å². The molecule has 0 aliphatic carbocycles. The van der Waals surface area contributed by atoms with E-state index in [1.165, 1.54) is 0 Å². The Bertz CT molecular complexity index is 744. The van der Waals surface area contributed by atoms with Gasteiger partial charge in [0.05, 0.1) is 4.90 Å². The highest BCUT2D eigenvalue weighted by molar-refractivity contribution is 7.89. The molecule has 0 bridgehead atoms. The third-order valence-electron chi connectivity index (χ3n) is 3.00. The lowest BCUT2D eigenvalue weighted by Gasteiger charge is -2.15. The lowest BCUT2D eigenvalue weighted by atomic mass is 10.1. The molecule has 8 heteroatoms. The quantitative estimate of drug-likeness (QED) is 0.900. The van der Waals surface area contributed by atoms with Gasteiger partial charge in [0, 0.05) is 6.04 Å². The number of rotatable bonds is 5. The van der Waals surface area contributed by atoms with Crippen molar-refractivity contribution in [2.75, 3.05) is 0 Å². The van der Waals surface area contributed by atoms with Crippen LogP contribution in [0.3, 0.4) is 0 Å². The average Bonchev–Trinajstić information content (AvgIpc) is 2.46. The minimum absolute atomic E-state index is 0.144. The van der Waals surface area contributed by atoms with E-state index >= 15 is 0 Å². The van der Waals surface area contributed by atoms with E-state index < -0.39 is 28.2 Å². The number of sulfonamides is 1. The first-order valence-corrected chi connectivity index (χ1v) is 8.09. The van der Waals surface area contributed by atoms with Crippen LogP contribution in [0.5, 0.6) is 5.75 Å². The molecule has 0 radical (unpaired) electrons. The van der Waals surface area contributed by atoms with Crippen LogP contribution < -0.4 is 9.46 Å². The molecule has 0 spiro atoms. The number of alkyl halides is 3. The summed E-state index contributed by atoms with van der Waals surface area (Å²) < 4.78 is 66.9. The first-order valence-electron chi connectivity index (χ1n) is 6.60. The Morgan fingerprint density at radius 2 is 1.57 bits per heavy atom. The maximum absolute atomic E-state index is 12.2. The Balaban J connectivity index is 2.13. The lowest BCUT2D eigenvalue weighted by molar-refractivity contribution is -0.274. The lowest BCUT2D eigenvalue weighted by Crippen LogP contribution is -2.26. The van der Waals surface area contributed by atoms with Gasteiger partial charge in [-0.15, -0.1) is 13.2 Å². The molecule has 0 aliphatic heterocycles.